The summed E-state index contributed by atoms with van der Waals surface area (Å²) in [5.41, 5.74) is 1.72. The van der Waals surface area contributed by atoms with Gasteiger partial charge in [-0.05, 0) is 25.5 Å². The molecule has 0 saturated carbocycles. The van der Waals surface area contributed by atoms with Crippen molar-refractivity contribution in [3.05, 3.63) is 29.8 Å². The average Bonchev–Trinajstić information content (AvgIpc) is 2.22. The number of benzene rings is 1. The van der Waals surface area contributed by atoms with E-state index in [2.05, 4.69) is 4.74 Å². The van der Waals surface area contributed by atoms with E-state index in [1.54, 1.807) is 0 Å². The summed E-state index contributed by atoms with van der Waals surface area (Å²) < 4.78 is 4.31. The van der Waals surface area contributed by atoms with Crippen molar-refractivity contribution in [3.63, 3.8) is 0 Å². The van der Waals surface area contributed by atoms with Crippen LogP contribution in [0.3, 0.4) is 0 Å². The molecule has 0 saturated heterocycles. The number of ether oxygens (including phenoxy) is 1. The molecule has 4 heteroatoms. The maximum atomic E-state index is 11.4. The number of hydrogen-bond donors (Lipinski definition) is 0. The number of para-hydroxylation sites is 1. The van der Waals surface area contributed by atoms with E-state index in [1.165, 1.54) is 4.90 Å². The van der Waals surface area contributed by atoms with Crippen LogP contribution in [0.15, 0.2) is 24.3 Å². The van der Waals surface area contributed by atoms with E-state index in [9.17, 15) is 9.59 Å². The summed E-state index contributed by atoms with van der Waals surface area (Å²) in [4.78, 5) is 22.9. The monoisotopic (exact) mass is 207 g/mol. The second-order valence-corrected chi connectivity index (χ2v) is 3.01. The molecule has 0 fully saturated rings. The largest absolute Gasteiger partial charge is 0.421 e. The molecule has 0 heterocycles. The van der Waals surface area contributed by atoms with Crippen molar-refractivity contribution in [1.82, 2.24) is 0 Å². The van der Waals surface area contributed by atoms with Crippen LogP contribution < -0.4 is 4.90 Å². The van der Waals surface area contributed by atoms with Crippen molar-refractivity contribution >= 4 is 18.3 Å². The van der Waals surface area contributed by atoms with Gasteiger partial charge < -0.3 is 4.74 Å². The van der Waals surface area contributed by atoms with Crippen LogP contribution in [0.4, 0.5) is 10.5 Å². The zero-order chi connectivity index (χ0) is 11.3. The fraction of sp³-hybridized carbons (Fsp3) is 0.273. The Morgan fingerprint density at radius 1 is 1.47 bits per heavy atom. The van der Waals surface area contributed by atoms with Gasteiger partial charge in [0.15, 0.2) is 0 Å². The summed E-state index contributed by atoms with van der Waals surface area (Å²) in [6.45, 7) is 4.31. The highest BCUT2D eigenvalue weighted by atomic mass is 16.6. The Labute approximate surface area is 88.5 Å². The first-order chi connectivity index (χ1) is 7.20. The molecule has 4 nitrogen and oxygen atoms in total. The summed E-state index contributed by atoms with van der Waals surface area (Å²) in [7, 11) is 0. The zero-order valence-electron chi connectivity index (χ0n) is 8.77. The van der Waals surface area contributed by atoms with Crippen LogP contribution >= 0.6 is 0 Å². The summed E-state index contributed by atoms with van der Waals surface area (Å²) in [5.74, 6) is 0. The highest BCUT2D eigenvalue weighted by Crippen LogP contribution is 2.19. The summed E-state index contributed by atoms with van der Waals surface area (Å²) in [6.07, 6.45) is -0.651. The van der Waals surface area contributed by atoms with E-state index in [1.807, 2.05) is 38.1 Å². The minimum absolute atomic E-state index is 0.142. The van der Waals surface area contributed by atoms with Crippen LogP contribution in [0, 0.1) is 6.92 Å². The smallest absolute Gasteiger partial charge is 0.378 e. The molecule has 1 aromatic rings. The molecule has 0 aromatic heterocycles. The van der Waals surface area contributed by atoms with Crippen LogP contribution in [-0.2, 0) is 9.53 Å². The molecule has 0 aliphatic rings. The predicted octanol–water partition coefficient (Wildman–Crippen LogP) is 2.11. The van der Waals surface area contributed by atoms with Gasteiger partial charge in [0.05, 0.1) is 0 Å². The van der Waals surface area contributed by atoms with Gasteiger partial charge in [-0.25, -0.2) is 4.79 Å². The van der Waals surface area contributed by atoms with Gasteiger partial charge in [-0.2, -0.15) is 0 Å². The topological polar surface area (TPSA) is 46.6 Å². The molecular formula is C11H13NO3. The third kappa shape index (κ3) is 2.56. The van der Waals surface area contributed by atoms with Crippen LogP contribution in [0.2, 0.25) is 0 Å². The number of nitrogens with zero attached hydrogens (tertiary/aromatic N) is 1. The third-order valence-corrected chi connectivity index (χ3v) is 2.09. The highest BCUT2D eigenvalue weighted by Gasteiger charge is 2.16. The molecule has 1 amide bonds. The van der Waals surface area contributed by atoms with Crippen LogP contribution in [0.25, 0.3) is 0 Å². The van der Waals surface area contributed by atoms with E-state index in [-0.39, 0.29) is 6.47 Å². The lowest BCUT2D eigenvalue weighted by Crippen LogP contribution is -2.31. The lowest BCUT2D eigenvalue weighted by molar-refractivity contribution is -0.123. The molecule has 0 bridgehead atoms. The van der Waals surface area contributed by atoms with Crippen molar-refractivity contribution in [2.45, 2.75) is 13.8 Å². The minimum Gasteiger partial charge on any atom is -0.378 e. The van der Waals surface area contributed by atoms with Crippen molar-refractivity contribution < 1.29 is 14.3 Å². The Bertz CT molecular complexity index is 363. The lowest BCUT2D eigenvalue weighted by Gasteiger charge is -2.20. The zero-order valence-corrected chi connectivity index (χ0v) is 8.77. The molecule has 1 aromatic carbocycles. The Morgan fingerprint density at radius 2 is 2.13 bits per heavy atom. The van der Waals surface area contributed by atoms with Gasteiger partial charge in [0.1, 0.15) is 0 Å². The van der Waals surface area contributed by atoms with Crippen molar-refractivity contribution in [3.8, 4) is 0 Å². The molecule has 0 spiro atoms. The van der Waals surface area contributed by atoms with E-state index in [0.717, 1.165) is 11.3 Å². The molecule has 0 atom stereocenters. The summed E-state index contributed by atoms with van der Waals surface area (Å²) in [5, 5.41) is 0. The standard InChI is InChI=1S/C11H13NO3/c1-3-12(11(14)15-8-13)10-7-5-4-6-9(10)2/h4-8H,3H2,1-2H3. The van der Waals surface area contributed by atoms with E-state index < -0.39 is 6.09 Å². The quantitative estimate of drug-likeness (QED) is 0.563. The maximum absolute atomic E-state index is 11.4. The number of carbonyl (C=O) groups is 2. The van der Waals surface area contributed by atoms with E-state index in [4.69, 9.17) is 0 Å². The van der Waals surface area contributed by atoms with Gasteiger partial charge in [0, 0.05) is 12.2 Å². The van der Waals surface area contributed by atoms with Gasteiger partial charge in [-0.3, -0.25) is 9.69 Å². The van der Waals surface area contributed by atoms with Gasteiger partial charge in [-0.1, -0.05) is 18.2 Å². The molecular weight excluding hydrogens is 194 g/mol. The molecule has 15 heavy (non-hydrogen) atoms. The average molecular weight is 207 g/mol. The van der Waals surface area contributed by atoms with Crippen LogP contribution in [0.5, 0.6) is 0 Å². The molecule has 0 aliphatic carbocycles. The first-order valence-corrected chi connectivity index (χ1v) is 4.68. The number of amides is 1. The van der Waals surface area contributed by atoms with Gasteiger partial charge in [0.25, 0.3) is 0 Å². The second kappa shape index (κ2) is 5.14. The summed E-state index contributed by atoms with van der Waals surface area (Å²) >= 11 is 0. The Hall–Kier alpha value is -1.84. The number of hydrogen-bond acceptors (Lipinski definition) is 3. The highest BCUT2D eigenvalue weighted by molar-refractivity contribution is 5.91. The van der Waals surface area contributed by atoms with E-state index >= 15 is 0 Å². The Kier molecular flexibility index (Phi) is 3.85. The van der Waals surface area contributed by atoms with Crippen molar-refractivity contribution in [2.24, 2.45) is 0 Å². The number of aryl methyl sites for hydroxylation is 1. The second-order valence-electron chi connectivity index (χ2n) is 3.01. The lowest BCUT2D eigenvalue weighted by atomic mass is 10.2. The Morgan fingerprint density at radius 3 is 2.67 bits per heavy atom. The van der Waals surface area contributed by atoms with Crippen molar-refractivity contribution in [1.29, 1.82) is 0 Å². The fourth-order valence-corrected chi connectivity index (χ4v) is 1.37. The third-order valence-electron chi connectivity index (χ3n) is 2.09. The Balaban J connectivity index is 2.97. The first-order valence-electron chi connectivity index (χ1n) is 4.68. The normalized spacial score (nSPS) is 9.47. The van der Waals surface area contributed by atoms with Gasteiger partial charge in [-0.15, -0.1) is 0 Å². The van der Waals surface area contributed by atoms with E-state index in [0.29, 0.717) is 6.54 Å². The fourth-order valence-electron chi connectivity index (χ4n) is 1.37. The molecule has 0 aliphatic heterocycles. The summed E-state index contributed by atoms with van der Waals surface area (Å²) in [6, 6.07) is 7.42. The molecule has 80 valence electrons. The minimum atomic E-state index is -0.651. The number of carbonyl (C=O) groups excluding carboxylic acids is 2. The maximum Gasteiger partial charge on any atom is 0.421 e. The predicted molar refractivity (Wildman–Crippen MR) is 56.7 cm³/mol. The molecule has 1 rings (SSSR count). The number of rotatable bonds is 3. The van der Waals surface area contributed by atoms with Gasteiger partial charge >= 0.3 is 12.6 Å². The number of anilines is 1. The van der Waals surface area contributed by atoms with Crippen molar-refractivity contribution in [2.75, 3.05) is 11.4 Å². The van der Waals surface area contributed by atoms with Gasteiger partial charge in [0.2, 0.25) is 0 Å². The molecule has 0 radical (unpaired) electrons. The molecule has 0 N–H and O–H groups in total. The first kappa shape index (κ1) is 11.2. The van der Waals surface area contributed by atoms with Crippen LogP contribution in [-0.4, -0.2) is 19.1 Å². The van der Waals surface area contributed by atoms with Crippen LogP contribution in [0.1, 0.15) is 12.5 Å². The SMILES string of the molecule is CCN(C(=O)OC=O)c1ccccc1C. The molecule has 0 unspecified atom stereocenters.